The normalized spacial score (nSPS) is 25.3. The van der Waals surface area contributed by atoms with Crippen LogP contribution in [-0.4, -0.2) is 79.5 Å². The number of nitrogens with zero attached hydrogens (tertiary/aromatic N) is 3. The lowest BCUT2D eigenvalue weighted by atomic mass is 10.3. The maximum Gasteiger partial charge on any atom is 0.223 e. The number of hydrogen-bond acceptors (Lipinski definition) is 4. The zero-order chi connectivity index (χ0) is 16.3. The Hall–Kier alpha value is -0.660. The Morgan fingerprint density at radius 3 is 2.09 bits per heavy atom. The molecule has 3 fully saturated rings. The Kier molecular flexibility index (Phi) is 5.59. The molecule has 0 atom stereocenters. The molecule has 3 rings (SSSR count). The predicted octanol–water partition coefficient (Wildman–Crippen LogP) is 0.889. The molecule has 0 bridgehead atoms. The van der Waals surface area contributed by atoms with E-state index in [1.807, 2.05) is 4.90 Å². The topological polar surface area (TPSA) is 60.9 Å². The van der Waals surface area contributed by atoms with Gasteiger partial charge < -0.3 is 9.80 Å². The van der Waals surface area contributed by atoms with Crippen LogP contribution in [0.2, 0.25) is 0 Å². The van der Waals surface area contributed by atoms with Crippen molar-refractivity contribution in [2.75, 3.05) is 45.8 Å². The quantitative estimate of drug-likeness (QED) is 0.744. The minimum atomic E-state index is -3.15. The SMILES string of the molecule is O=C(CCN1CCCC1)N1CCN(S(=O)(=O)C2CCCC2)CC1. The smallest absolute Gasteiger partial charge is 0.223 e. The maximum absolute atomic E-state index is 12.6. The number of amides is 1. The van der Waals surface area contributed by atoms with Crippen molar-refractivity contribution in [3.05, 3.63) is 0 Å². The van der Waals surface area contributed by atoms with Crippen molar-refractivity contribution in [3.8, 4) is 0 Å². The molecule has 1 saturated carbocycles. The number of likely N-dealkylation sites (tertiary alicyclic amines) is 1. The van der Waals surface area contributed by atoms with Gasteiger partial charge in [-0.2, -0.15) is 4.31 Å². The van der Waals surface area contributed by atoms with Crippen LogP contribution in [0.15, 0.2) is 0 Å². The standard InChI is InChI=1S/C16H29N3O3S/c20-16(7-10-17-8-3-4-9-17)18-11-13-19(14-12-18)23(21,22)15-5-1-2-6-15/h15H,1-14H2. The van der Waals surface area contributed by atoms with Crippen LogP contribution in [0, 0.1) is 0 Å². The van der Waals surface area contributed by atoms with Gasteiger partial charge in [0.15, 0.2) is 0 Å². The van der Waals surface area contributed by atoms with Crippen molar-refractivity contribution in [2.45, 2.75) is 50.2 Å². The lowest BCUT2D eigenvalue weighted by molar-refractivity contribution is -0.132. The Balaban J connectivity index is 1.45. The summed E-state index contributed by atoms with van der Waals surface area (Å²) in [5, 5.41) is -0.181. The van der Waals surface area contributed by atoms with Gasteiger partial charge in [0, 0.05) is 39.1 Å². The van der Waals surface area contributed by atoms with E-state index in [4.69, 9.17) is 0 Å². The third-order valence-corrected chi connectivity index (χ3v) is 7.91. The van der Waals surface area contributed by atoms with Crippen LogP contribution in [0.1, 0.15) is 44.9 Å². The Morgan fingerprint density at radius 1 is 0.870 bits per heavy atom. The van der Waals surface area contributed by atoms with Gasteiger partial charge in [0.25, 0.3) is 0 Å². The third kappa shape index (κ3) is 4.06. The summed E-state index contributed by atoms with van der Waals surface area (Å²) in [5.41, 5.74) is 0. The first kappa shape index (κ1) is 17.2. The van der Waals surface area contributed by atoms with E-state index >= 15 is 0 Å². The van der Waals surface area contributed by atoms with E-state index in [-0.39, 0.29) is 11.2 Å². The molecular weight excluding hydrogens is 314 g/mol. The van der Waals surface area contributed by atoms with Gasteiger partial charge in [-0.25, -0.2) is 8.42 Å². The molecule has 2 saturated heterocycles. The fourth-order valence-electron chi connectivity index (χ4n) is 4.01. The highest BCUT2D eigenvalue weighted by atomic mass is 32.2. The average Bonchev–Trinajstić information content (AvgIpc) is 3.26. The first-order chi connectivity index (χ1) is 11.1. The first-order valence-corrected chi connectivity index (χ1v) is 10.6. The summed E-state index contributed by atoms with van der Waals surface area (Å²) in [5.74, 6) is 0.176. The second kappa shape index (κ2) is 7.49. The lowest BCUT2D eigenvalue weighted by Gasteiger charge is -2.35. The van der Waals surface area contributed by atoms with Crippen LogP contribution in [0.4, 0.5) is 0 Å². The van der Waals surface area contributed by atoms with Crippen LogP contribution >= 0.6 is 0 Å². The van der Waals surface area contributed by atoms with Gasteiger partial charge in [0.1, 0.15) is 0 Å². The number of piperazine rings is 1. The summed E-state index contributed by atoms with van der Waals surface area (Å²) in [7, 11) is -3.15. The zero-order valence-corrected chi connectivity index (χ0v) is 14.8. The molecule has 0 N–H and O–H groups in total. The van der Waals surface area contributed by atoms with Crippen LogP contribution < -0.4 is 0 Å². The second-order valence-corrected chi connectivity index (χ2v) is 9.24. The van der Waals surface area contributed by atoms with Crippen molar-refractivity contribution >= 4 is 15.9 Å². The van der Waals surface area contributed by atoms with Gasteiger partial charge in [0.05, 0.1) is 5.25 Å². The Morgan fingerprint density at radius 2 is 1.48 bits per heavy atom. The number of rotatable bonds is 5. The van der Waals surface area contributed by atoms with Crippen molar-refractivity contribution in [1.29, 1.82) is 0 Å². The molecule has 0 radical (unpaired) electrons. The van der Waals surface area contributed by atoms with E-state index in [1.165, 1.54) is 12.8 Å². The van der Waals surface area contributed by atoms with Crippen molar-refractivity contribution in [2.24, 2.45) is 0 Å². The van der Waals surface area contributed by atoms with Crippen molar-refractivity contribution in [3.63, 3.8) is 0 Å². The van der Waals surface area contributed by atoms with Crippen molar-refractivity contribution in [1.82, 2.24) is 14.1 Å². The molecule has 2 heterocycles. The van der Waals surface area contributed by atoms with Gasteiger partial charge in [-0.3, -0.25) is 4.79 Å². The molecule has 0 aromatic rings. The van der Waals surface area contributed by atoms with Crippen LogP contribution in [0.25, 0.3) is 0 Å². The van der Waals surface area contributed by atoms with Crippen LogP contribution in [0.5, 0.6) is 0 Å². The minimum absolute atomic E-state index is 0.176. The lowest BCUT2D eigenvalue weighted by Crippen LogP contribution is -2.52. The van der Waals surface area contributed by atoms with E-state index < -0.39 is 10.0 Å². The number of carbonyl (C=O) groups excluding carboxylic acids is 1. The molecule has 1 amide bonds. The van der Waals surface area contributed by atoms with Crippen molar-refractivity contribution < 1.29 is 13.2 Å². The fraction of sp³-hybridized carbons (Fsp3) is 0.938. The summed E-state index contributed by atoms with van der Waals surface area (Å²) in [6, 6.07) is 0. The molecular formula is C16H29N3O3S. The molecule has 0 aromatic heterocycles. The maximum atomic E-state index is 12.6. The summed E-state index contributed by atoms with van der Waals surface area (Å²) in [6.45, 7) is 5.10. The molecule has 3 aliphatic rings. The summed E-state index contributed by atoms with van der Waals surface area (Å²) >= 11 is 0. The molecule has 0 spiro atoms. The first-order valence-electron chi connectivity index (χ1n) is 9.06. The van der Waals surface area contributed by atoms with E-state index in [9.17, 15) is 13.2 Å². The molecule has 132 valence electrons. The largest absolute Gasteiger partial charge is 0.340 e. The Bertz CT molecular complexity index is 503. The van der Waals surface area contributed by atoms with E-state index in [1.54, 1.807) is 4.31 Å². The number of carbonyl (C=O) groups is 1. The molecule has 6 nitrogen and oxygen atoms in total. The highest BCUT2D eigenvalue weighted by Crippen LogP contribution is 2.27. The van der Waals surface area contributed by atoms with Gasteiger partial charge in [-0.1, -0.05) is 12.8 Å². The molecule has 0 aromatic carbocycles. The third-order valence-electron chi connectivity index (χ3n) is 5.52. The summed E-state index contributed by atoms with van der Waals surface area (Å²) in [4.78, 5) is 16.5. The zero-order valence-electron chi connectivity index (χ0n) is 14.0. The monoisotopic (exact) mass is 343 g/mol. The van der Waals surface area contributed by atoms with Crippen LogP contribution in [0.3, 0.4) is 0 Å². The number of hydrogen-bond donors (Lipinski definition) is 0. The minimum Gasteiger partial charge on any atom is -0.340 e. The molecule has 0 unspecified atom stereocenters. The van der Waals surface area contributed by atoms with E-state index in [2.05, 4.69) is 4.90 Å². The summed E-state index contributed by atoms with van der Waals surface area (Å²) in [6.07, 6.45) is 6.71. The van der Waals surface area contributed by atoms with Gasteiger partial charge in [0.2, 0.25) is 15.9 Å². The average molecular weight is 343 g/mol. The summed E-state index contributed by atoms with van der Waals surface area (Å²) < 4.78 is 26.8. The highest BCUT2D eigenvalue weighted by molar-refractivity contribution is 7.89. The second-order valence-electron chi connectivity index (χ2n) is 7.03. The van der Waals surface area contributed by atoms with Gasteiger partial charge in [-0.15, -0.1) is 0 Å². The number of sulfonamides is 1. The van der Waals surface area contributed by atoms with Gasteiger partial charge >= 0.3 is 0 Å². The van der Waals surface area contributed by atoms with E-state index in [0.717, 1.165) is 45.3 Å². The molecule has 1 aliphatic carbocycles. The highest BCUT2D eigenvalue weighted by Gasteiger charge is 2.36. The fourth-order valence-corrected chi connectivity index (χ4v) is 6.03. The molecule has 2 aliphatic heterocycles. The Labute approximate surface area is 139 Å². The van der Waals surface area contributed by atoms with Crippen LogP contribution in [-0.2, 0) is 14.8 Å². The molecule has 23 heavy (non-hydrogen) atoms. The van der Waals surface area contributed by atoms with Gasteiger partial charge in [-0.05, 0) is 38.8 Å². The molecule has 7 heteroatoms. The van der Waals surface area contributed by atoms with E-state index in [0.29, 0.717) is 32.6 Å². The predicted molar refractivity (Wildman–Crippen MR) is 89.6 cm³/mol.